The second-order valence-corrected chi connectivity index (χ2v) is 5.48. The first-order valence-corrected chi connectivity index (χ1v) is 8.16. The number of para-hydroxylation sites is 1. The molecule has 0 bridgehead atoms. The molecule has 128 valence electrons. The highest BCUT2D eigenvalue weighted by Gasteiger charge is 2.13. The van der Waals surface area contributed by atoms with Gasteiger partial charge >= 0.3 is 5.97 Å². The van der Waals surface area contributed by atoms with E-state index in [1.165, 1.54) is 6.07 Å². The van der Waals surface area contributed by atoms with Gasteiger partial charge in [0.05, 0.1) is 17.2 Å². The maximum Gasteiger partial charge on any atom is 0.338 e. The minimum Gasteiger partial charge on any atom is -0.452 e. The van der Waals surface area contributed by atoms with Crippen molar-refractivity contribution in [2.45, 2.75) is 26.7 Å². The van der Waals surface area contributed by atoms with Crippen molar-refractivity contribution in [3.05, 3.63) is 64.7 Å². The number of nitrogens with one attached hydrogen (secondary N) is 1. The molecule has 2 rings (SSSR count). The van der Waals surface area contributed by atoms with Gasteiger partial charge in [0.15, 0.2) is 6.61 Å². The fourth-order valence-corrected chi connectivity index (χ4v) is 2.51. The molecule has 0 saturated heterocycles. The van der Waals surface area contributed by atoms with E-state index in [4.69, 9.17) is 10.00 Å². The van der Waals surface area contributed by atoms with E-state index >= 15 is 0 Å². The summed E-state index contributed by atoms with van der Waals surface area (Å²) in [4.78, 5) is 24.2. The molecular formula is C20H20N2O3. The van der Waals surface area contributed by atoms with Crippen molar-refractivity contribution in [3.63, 3.8) is 0 Å². The smallest absolute Gasteiger partial charge is 0.338 e. The number of rotatable bonds is 6. The molecule has 5 nitrogen and oxygen atoms in total. The Morgan fingerprint density at radius 1 is 1.08 bits per heavy atom. The third-order valence-corrected chi connectivity index (χ3v) is 3.82. The van der Waals surface area contributed by atoms with Gasteiger partial charge in [-0.25, -0.2) is 4.79 Å². The molecule has 1 N–H and O–H groups in total. The Balaban J connectivity index is 2.02. The van der Waals surface area contributed by atoms with E-state index in [9.17, 15) is 9.59 Å². The van der Waals surface area contributed by atoms with Crippen LogP contribution in [0.1, 0.15) is 40.9 Å². The average molecular weight is 336 g/mol. The number of nitriles is 1. The fourth-order valence-electron chi connectivity index (χ4n) is 2.51. The van der Waals surface area contributed by atoms with Crippen LogP contribution >= 0.6 is 0 Å². The van der Waals surface area contributed by atoms with Crippen LogP contribution < -0.4 is 5.32 Å². The van der Waals surface area contributed by atoms with Crippen molar-refractivity contribution in [2.24, 2.45) is 0 Å². The molecule has 0 aliphatic carbocycles. The number of ether oxygens (including phenoxy) is 1. The highest BCUT2D eigenvalue weighted by molar-refractivity contribution is 5.96. The number of hydrogen-bond donors (Lipinski definition) is 1. The van der Waals surface area contributed by atoms with Crippen LogP contribution in [-0.2, 0) is 22.4 Å². The predicted molar refractivity (Wildman–Crippen MR) is 95.3 cm³/mol. The predicted octanol–water partition coefficient (Wildman–Crippen LogP) is 3.48. The zero-order valence-electron chi connectivity index (χ0n) is 14.3. The summed E-state index contributed by atoms with van der Waals surface area (Å²) in [5.41, 5.74) is 3.49. The van der Waals surface area contributed by atoms with Crippen LogP contribution in [0.15, 0.2) is 42.5 Å². The van der Waals surface area contributed by atoms with Crippen LogP contribution in [0.4, 0.5) is 5.69 Å². The lowest BCUT2D eigenvalue weighted by molar-refractivity contribution is -0.119. The molecule has 0 aliphatic heterocycles. The lowest BCUT2D eigenvalue weighted by Crippen LogP contribution is -2.22. The van der Waals surface area contributed by atoms with E-state index in [0.29, 0.717) is 5.56 Å². The highest BCUT2D eigenvalue weighted by atomic mass is 16.5. The lowest BCUT2D eigenvalue weighted by atomic mass is 10.0. The van der Waals surface area contributed by atoms with E-state index in [1.54, 1.807) is 18.2 Å². The number of anilines is 1. The summed E-state index contributed by atoms with van der Waals surface area (Å²) >= 11 is 0. The molecule has 5 heteroatoms. The van der Waals surface area contributed by atoms with E-state index in [1.807, 2.05) is 38.1 Å². The Hall–Kier alpha value is -3.13. The summed E-state index contributed by atoms with van der Waals surface area (Å²) in [6.07, 6.45) is 1.59. The largest absolute Gasteiger partial charge is 0.452 e. The van der Waals surface area contributed by atoms with Gasteiger partial charge < -0.3 is 10.1 Å². The van der Waals surface area contributed by atoms with E-state index in [-0.39, 0.29) is 18.1 Å². The van der Waals surface area contributed by atoms with E-state index < -0.39 is 5.97 Å². The SMILES string of the molecule is CCc1cccc(CC)c1NC(=O)COC(=O)c1cccc(C#N)c1. The van der Waals surface area contributed by atoms with Gasteiger partial charge in [-0.1, -0.05) is 38.1 Å². The molecule has 0 aromatic heterocycles. The normalized spacial score (nSPS) is 9.96. The molecule has 25 heavy (non-hydrogen) atoms. The first-order chi connectivity index (χ1) is 12.1. The minimum atomic E-state index is -0.633. The number of aryl methyl sites for hydroxylation is 2. The summed E-state index contributed by atoms with van der Waals surface area (Å²) in [5, 5.41) is 11.7. The number of amides is 1. The third-order valence-electron chi connectivity index (χ3n) is 3.82. The van der Waals surface area contributed by atoms with Crippen molar-refractivity contribution in [2.75, 3.05) is 11.9 Å². The Morgan fingerprint density at radius 2 is 1.72 bits per heavy atom. The zero-order chi connectivity index (χ0) is 18.2. The lowest BCUT2D eigenvalue weighted by Gasteiger charge is -2.14. The van der Waals surface area contributed by atoms with Gasteiger partial charge in [0.25, 0.3) is 5.91 Å². The average Bonchev–Trinajstić information content (AvgIpc) is 2.66. The van der Waals surface area contributed by atoms with Gasteiger partial charge in [0.1, 0.15) is 0 Å². The Bertz CT molecular complexity index is 800. The molecule has 0 saturated carbocycles. The second kappa shape index (κ2) is 8.65. The quantitative estimate of drug-likeness (QED) is 0.819. The second-order valence-electron chi connectivity index (χ2n) is 5.48. The number of hydrogen-bond acceptors (Lipinski definition) is 4. The van der Waals surface area contributed by atoms with Gasteiger partial charge in [0, 0.05) is 5.69 Å². The Morgan fingerprint density at radius 3 is 2.32 bits per heavy atom. The van der Waals surface area contributed by atoms with Crippen LogP contribution in [0, 0.1) is 11.3 Å². The number of nitrogens with zero attached hydrogens (tertiary/aromatic N) is 1. The molecule has 0 heterocycles. The molecule has 0 spiro atoms. The summed E-state index contributed by atoms with van der Waals surface area (Å²) < 4.78 is 5.05. The first kappa shape index (κ1) is 18.2. The van der Waals surface area contributed by atoms with Gasteiger partial charge in [-0.2, -0.15) is 5.26 Å². The van der Waals surface area contributed by atoms with Gasteiger partial charge in [-0.15, -0.1) is 0 Å². The Kier molecular flexibility index (Phi) is 6.30. The summed E-state index contributed by atoms with van der Waals surface area (Å²) in [6.45, 7) is 3.66. The van der Waals surface area contributed by atoms with E-state index in [0.717, 1.165) is 29.7 Å². The standard InChI is InChI=1S/C20H20N2O3/c1-3-15-8-6-9-16(4-2)19(15)22-18(23)13-25-20(24)17-10-5-7-14(11-17)12-21/h5-11H,3-4,13H2,1-2H3,(H,22,23). The number of carbonyl (C=O) groups is 2. The molecule has 0 aliphatic rings. The van der Waals surface area contributed by atoms with Crippen LogP contribution in [-0.4, -0.2) is 18.5 Å². The highest BCUT2D eigenvalue weighted by Crippen LogP contribution is 2.22. The van der Waals surface area contributed by atoms with Crippen molar-refractivity contribution < 1.29 is 14.3 Å². The number of carbonyl (C=O) groups excluding carboxylic acids is 2. The van der Waals surface area contributed by atoms with Gasteiger partial charge in [-0.3, -0.25) is 4.79 Å². The van der Waals surface area contributed by atoms with Crippen LogP contribution in [0.5, 0.6) is 0 Å². The van der Waals surface area contributed by atoms with Crippen LogP contribution in [0.3, 0.4) is 0 Å². The summed E-state index contributed by atoms with van der Waals surface area (Å²) in [7, 11) is 0. The van der Waals surface area contributed by atoms with Crippen molar-refractivity contribution in [1.82, 2.24) is 0 Å². The fraction of sp³-hybridized carbons (Fsp3) is 0.250. The topological polar surface area (TPSA) is 79.2 Å². The molecule has 0 atom stereocenters. The van der Waals surface area contributed by atoms with Crippen LogP contribution in [0.2, 0.25) is 0 Å². The minimum absolute atomic E-state index is 0.245. The number of esters is 1. The van der Waals surface area contributed by atoms with E-state index in [2.05, 4.69) is 5.32 Å². The van der Waals surface area contributed by atoms with Crippen molar-refractivity contribution >= 4 is 17.6 Å². The molecule has 0 radical (unpaired) electrons. The summed E-state index contributed by atoms with van der Waals surface area (Å²) in [6, 6.07) is 14.0. The maximum atomic E-state index is 12.2. The van der Waals surface area contributed by atoms with Crippen molar-refractivity contribution in [1.29, 1.82) is 5.26 Å². The monoisotopic (exact) mass is 336 g/mol. The molecule has 0 fully saturated rings. The molecule has 0 unspecified atom stereocenters. The zero-order valence-corrected chi connectivity index (χ0v) is 14.3. The first-order valence-electron chi connectivity index (χ1n) is 8.16. The maximum absolute atomic E-state index is 12.2. The Labute approximate surface area is 147 Å². The molecule has 2 aromatic carbocycles. The summed E-state index contributed by atoms with van der Waals surface area (Å²) in [5.74, 6) is -1.02. The number of benzene rings is 2. The molecular weight excluding hydrogens is 316 g/mol. The molecule has 1 amide bonds. The van der Waals surface area contributed by atoms with Crippen LogP contribution in [0.25, 0.3) is 0 Å². The van der Waals surface area contributed by atoms with Gasteiger partial charge in [-0.05, 0) is 42.2 Å². The van der Waals surface area contributed by atoms with Crippen molar-refractivity contribution in [3.8, 4) is 6.07 Å². The molecule has 2 aromatic rings. The third kappa shape index (κ3) is 4.67. The van der Waals surface area contributed by atoms with Gasteiger partial charge in [0.2, 0.25) is 0 Å².